The molecule has 2 rings (SSSR count). The summed E-state index contributed by atoms with van der Waals surface area (Å²) in [5.74, 6) is -0.696. The molecule has 1 aromatic carbocycles. The lowest BCUT2D eigenvalue weighted by Gasteiger charge is -2.20. The van der Waals surface area contributed by atoms with Gasteiger partial charge in [-0.2, -0.15) is 5.06 Å². The Morgan fingerprint density at radius 3 is 2.94 bits per heavy atom. The normalized spacial score (nSPS) is 20.6. The van der Waals surface area contributed by atoms with Gasteiger partial charge in [-0.3, -0.25) is 9.63 Å². The minimum atomic E-state index is -0.861. The van der Waals surface area contributed by atoms with E-state index in [0.717, 1.165) is 6.42 Å². The molecule has 1 atom stereocenters. The van der Waals surface area contributed by atoms with E-state index >= 15 is 0 Å². The number of aliphatic carboxylic acids is 1. The molecule has 0 amide bonds. The van der Waals surface area contributed by atoms with E-state index in [2.05, 4.69) is 0 Å². The Kier molecular flexibility index (Phi) is 3.61. The fourth-order valence-electron chi connectivity index (χ4n) is 1.93. The molecular weight excluding hydrogens is 222 g/mol. The smallest absolute Gasteiger partial charge is 0.323 e. The fourth-order valence-corrected chi connectivity index (χ4v) is 1.93. The van der Waals surface area contributed by atoms with Crippen LogP contribution in [-0.2, 0) is 16.2 Å². The number of para-hydroxylation sites is 1. The maximum Gasteiger partial charge on any atom is 0.323 e. The summed E-state index contributed by atoms with van der Waals surface area (Å²) < 4.78 is 0. The molecule has 0 saturated carbocycles. The first-order valence-electron chi connectivity index (χ1n) is 5.57. The molecule has 1 fully saturated rings. The zero-order valence-corrected chi connectivity index (χ0v) is 9.37. The highest BCUT2D eigenvalue weighted by atomic mass is 16.7. The van der Waals surface area contributed by atoms with Crippen molar-refractivity contribution in [3.8, 4) is 5.75 Å². The van der Waals surface area contributed by atoms with Crippen molar-refractivity contribution < 1.29 is 19.8 Å². The zero-order valence-electron chi connectivity index (χ0n) is 9.37. The molecule has 0 aromatic heterocycles. The zero-order chi connectivity index (χ0) is 12.3. The number of aromatic hydroxyl groups is 1. The van der Waals surface area contributed by atoms with Crippen LogP contribution < -0.4 is 0 Å². The van der Waals surface area contributed by atoms with Gasteiger partial charge in [-0.15, -0.1) is 0 Å². The number of carboxylic acids is 1. The average molecular weight is 237 g/mol. The van der Waals surface area contributed by atoms with E-state index in [9.17, 15) is 9.90 Å². The second-order valence-corrected chi connectivity index (χ2v) is 4.04. The lowest BCUT2D eigenvalue weighted by molar-refractivity contribution is -0.192. The maximum atomic E-state index is 10.9. The Balaban J connectivity index is 1.94. The van der Waals surface area contributed by atoms with Crippen LogP contribution in [0.5, 0.6) is 5.75 Å². The minimum absolute atomic E-state index is 0.165. The van der Waals surface area contributed by atoms with Gasteiger partial charge in [-0.05, 0) is 18.9 Å². The second kappa shape index (κ2) is 5.16. The molecule has 5 heteroatoms. The second-order valence-electron chi connectivity index (χ2n) is 4.04. The Labute approximate surface area is 99.2 Å². The van der Waals surface area contributed by atoms with Gasteiger partial charge >= 0.3 is 5.97 Å². The summed E-state index contributed by atoms with van der Waals surface area (Å²) in [4.78, 5) is 16.4. The first-order chi connectivity index (χ1) is 8.18. The average Bonchev–Trinajstić information content (AvgIpc) is 2.76. The molecule has 0 spiro atoms. The van der Waals surface area contributed by atoms with Crippen LogP contribution in [0, 0.1) is 0 Å². The molecule has 2 N–H and O–H groups in total. The van der Waals surface area contributed by atoms with Crippen molar-refractivity contribution in [3.05, 3.63) is 29.8 Å². The van der Waals surface area contributed by atoms with Crippen LogP contribution in [0.1, 0.15) is 18.4 Å². The van der Waals surface area contributed by atoms with Gasteiger partial charge in [0.05, 0.1) is 6.61 Å². The number of hydrogen-bond acceptors (Lipinski definition) is 4. The summed E-state index contributed by atoms with van der Waals surface area (Å²) in [6.07, 6.45) is 1.42. The molecule has 17 heavy (non-hydrogen) atoms. The van der Waals surface area contributed by atoms with Gasteiger partial charge in [0.1, 0.15) is 11.8 Å². The molecular formula is C12H15NO4. The molecule has 0 aliphatic carbocycles. The standard InChI is InChI=1S/C12H15NO4/c14-11-6-2-1-4-9(11)8-17-13-7-3-5-10(13)12(15)16/h1-2,4,6,10,14H,3,5,7-8H2,(H,15,16). The van der Waals surface area contributed by atoms with Gasteiger partial charge in [-0.25, -0.2) is 0 Å². The topological polar surface area (TPSA) is 70.0 Å². The summed E-state index contributed by atoms with van der Waals surface area (Å²) in [6.45, 7) is 0.807. The number of phenolic OH excluding ortho intramolecular Hbond substituents is 1. The van der Waals surface area contributed by atoms with Crippen LogP contribution in [0.15, 0.2) is 24.3 Å². The molecule has 1 aliphatic rings. The number of nitrogens with zero attached hydrogens (tertiary/aromatic N) is 1. The number of hydroxylamine groups is 2. The maximum absolute atomic E-state index is 10.9. The summed E-state index contributed by atoms with van der Waals surface area (Å²) >= 11 is 0. The summed E-state index contributed by atoms with van der Waals surface area (Å²) in [6, 6.07) is 6.30. The number of rotatable bonds is 4. The van der Waals surface area contributed by atoms with E-state index in [1.165, 1.54) is 5.06 Å². The van der Waals surface area contributed by atoms with Gasteiger partial charge in [0, 0.05) is 12.1 Å². The highest BCUT2D eigenvalue weighted by Gasteiger charge is 2.31. The third-order valence-electron chi connectivity index (χ3n) is 2.87. The van der Waals surface area contributed by atoms with E-state index in [1.54, 1.807) is 24.3 Å². The monoisotopic (exact) mass is 237 g/mol. The van der Waals surface area contributed by atoms with Crippen LogP contribution in [0.2, 0.25) is 0 Å². The molecule has 1 saturated heterocycles. The van der Waals surface area contributed by atoms with E-state index < -0.39 is 12.0 Å². The number of hydrogen-bond donors (Lipinski definition) is 2. The lowest BCUT2D eigenvalue weighted by Crippen LogP contribution is -2.35. The number of phenols is 1. The quantitative estimate of drug-likeness (QED) is 0.827. The molecule has 1 unspecified atom stereocenters. The van der Waals surface area contributed by atoms with Crippen molar-refractivity contribution in [3.63, 3.8) is 0 Å². The lowest BCUT2D eigenvalue weighted by atomic mass is 10.2. The van der Waals surface area contributed by atoms with Crippen molar-refractivity contribution in [2.45, 2.75) is 25.5 Å². The molecule has 1 aliphatic heterocycles. The first kappa shape index (κ1) is 11.9. The molecule has 0 bridgehead atoms. The van der Waals surface area contributed by atoms with Crippen LogP contribution in [-0.4, -0.2) is 33.8 Å². The summed E-state index contributed by atoms with van der Waals surface area (Å²) in [7, 11) is 0. The third-order valence-corrected chi connectivity index (χ3v) is 2.87. The third kappa shape index (κ3) is 2.75. The number of carboxylic acid groups (broad SMARTS) is 1. The molecule has 1 aromatic rings. The van der Waals surface area contributed by atoms with E-state index in [-0.39, 0.29) is 12.4 Å². The van der Waals surface area contributed by atoms with E-state index in [0.29, 0.717) is 18.5 Å². The van der Waals surface area contributed by atoms with Crippen molar-refractivity contribution in [1.82, 2.24) is 5.06 Å². The van der Waals surface area contributed by atoms with Crippen molar-refractivity contribution in [2.24, 2.45) is 0 Å². The summed E-state index contributed by atoms with van der Waals surface area (Å²) in [5, 5.41) is 20.0. The van der Waals surface area contributed by atoms with E-state index in [4.69, 9.17) is 9.94 Å². The Morgan fingerprint density at radius 2 is 2.24 bits per heavy atom. The highest BCUT2D eigenvalue weighted by molar-refractivity contribution is 5.73. The number of benzene rings is 1. The van der Waals surface area contributed by atoms with Gasteiger partial charge in [0.25, 0.3) is 0 Å². The van der Waals surface area contributed by atoms with Crippen molar-refractivity contribution in [2.75, 3.05) is 6.54 Å². The minimum Gasteiger partial charge on any atom is -0.508 e. The van der Waals surface area contributed by atoms with Gasteiger partial charge in [0.15, 0.2) is 0 Å². The molecule has 5 nitrogen and oxygen atoms in total. The molecule has 92 valence electrons. The Hall–Kier alpha value is -1.59. The first-order valence-corrected chi connectivity index (χ1v) is 5.57. The van der Waals surface area contributed by atoms with Crippen LogP contribution >= 0.6 is 0 Å². The fraction of sp³-hybridized carbons (Fsp3) is 0.417. The highest BCUT2D eigenvalue weighted by Crippen LogP contribution is 2.21. The van der Waals surface area contributed by atoms with E-state index in [1.807, 2.05) is 0 Å². The number of carbonyl (C=O) groups is 1. The van der Waals surface area contributed by atoms with Gasteiger partial charge in [0.2, 0.25) is 0 Å². The largest absolute Gasteiger partial charge is 0.508 e. The Bertz CT molecular complexity index is 407. The summed E-state index contributed by atoms with van der Waals surface area (Å²) in [5.41, 5.74) is 0.656. The van der Waals surface area contributed by atoms with Crippen molar-refractivity contribution >= 4 is 5.97 Å². The van der Waals surface area contributed by atoms with Crippen LogP contribution in [0.3, 0.4) is 0 Å². The molecule has 0 radical (unpaired) electrons. The SMILES string of the molecule is O=C(O)C1CCCN1OCc1ccccc1O. The van der Waals surface area contributed by atoms with Crippen LogP contribution in [0.4, 0.5) is 0 Å². The van der Waals surface area contributed by atoms with Crippen molar-refractivity contribution in [1.29, 1.82) is 0 Å². The Morgan fingerprint density at radius 1 is 1.47 bits per heavy atom. The van der Waals surface area contributed by atoms with Crippen LogP contribution in [0.25, 0.3) is 0 Å². The predicted octanol–water partition coefficient (Wildman–Crippen LogP) is 1.37. The predicted molar refractivity (Wildman–Crippen MR) is 60.3 cm³/mol. The molecule has 1 heterocycles. The van der Waals surface area contributed by atoms with Gasteiger partial charge < -0.3 is 10.2 Å². The van der Waals surface area contributed by atoms with Gasteiger partial charge in [-0.1, -0.05) is 18.2 Å².